The molecule has 3 nitrogen and oxygen atoms in total. The Morgan fingerprint density at radius 3 is 1.43 bits per heavy atom. The molecule has 1 fully saturated rings. The Morgan fingerprint density at radius 1 is 0.536 bits per heavy atom. The van der Waals surface area contributed by atoms with Gasteiger partial charge in [0.1, 0.15) is 0 Å². The van der Waals surface area contributed by atoms with Crippen LogP contribution in [0.5, 0.6) is 0 Å². The third-order valence-electron chi connectivity index (χ3n) is 5.66. The van der Waals surface area contributed by atoms with E-state index in [0.29, 0.717) is 0 Å². The van der Waals surface area contributed by atoms with Crippen molar-refractivity contribution in [2.24, 2.45) is 0 Å². The van der Waals surface area contributed by atoms with E-state index < -0.39 is 0 Å². The normalized spacial score (nSPS) is 19.1. The summed E-state index contributed by atoms with van der Waals surface area (Å²) in [5.41, 5.74) is 2.86. The first kappa shape index (κ1) is 21.0. The fourth-order valence-electron chi connectivity index (χ4n) is 4.02. The molecule has 0 saturated carbocycles. The molecule has 0 spiro atoms. The highest BCUT2D eigenvalue weighted by atomic mass is 15.2. The van der Waals surface area contributed by atoms with Crippen LogP contribution in [0.15, 0.2) is 60.7 Å². The molecule has 3 heteroatoms. The number of nitrogens with one attached hydrogen (secondary N) is 1. The van der Waals surface area contributed by atoms with Crippen molar-refractivity contribution in [3.05, 3.63) is 71.8 Å². The van der Waals surface area contributed by atoms with Crippen molar-refractivity contribution in [2.45, 2.75) is 45.2 Å². The van der Waals surface area contributed by atoms with Crippen molar-refractivity contribution in [1.82, 2.24) is 15.1 Å². The van der Waals surface area contributed by atoms with Gasteiger partial charge in [-0.2, -0.15) is 0 Å². The number of benzene rings is 2. The van der Waals surface area contributed by atoms with E-state index in [2.05, 4.69) is 75.8 Å². The maximum atomic E-state index is 3.69. The summed E-state index contributed by atoms with van der Waals surface area (Å²) >= 11 is 0. The lowest BCUT2D eigenvalue weighted by Crippen LogP contribution is -2.37. The van der Waals surface area contributed by atoms with Gasteiger partial charge in [0.25, 0.3) is 0 Å². The lowest BCUT2D eigenvalue weighted by molar-refractivity contribution is 0.236. The smallest absolute Gasteiger partial charge is 0.0234 e. The first-order valence-corrected chi connectivity index (χ1v) is 11.1. The Bertz CT molecular complexity index is 573. The van der Waals surface area contributed by atoms with E-state index in [4.69, 9.17) is 0 Å². The third-order valence-corrected chi connectivity index (χ3v) is 5.66. The molecule has 1 aliphatic rings. The van der Waals surface area contributed by atoms with Crippen LogP contribution in [0.4, 0.5) is 0 Å². The average molecular weight is 380 g/mol. The van der Waals surface area contributed by atoms with Gasteiger partial charge in [0, 0.05) is 39.3 Å². The van der Waals surface area contributed by atoms with Gasteiger partial charge in [-0.05, 0) is 37.1 Å². The number of nitrogens with zero attached hydrogens (tertiary/aromatic N) is 2. The third kappa shape index (κ3) is 8.14. The Labute approximate surface area is 171 Å². The molecule has 1 saturated heterocycles. The molecular formula is C25H37N3. The van der Waals surface area contributed by atoms with E-state index in [1.807, 2.05) is 0 Å². The summed E-state index contributed by atoms with van der Waals surface area (Å²) in [5.74, 6) is 0. The fourth-order valence-corrected chi connectivity index (χ4v) is 4.02. The van der Waals surface area contributed by atoms with E-state index in [0.717, 1.165) is 39.3 Å². The van der Waals surface area contributed by atoms with Crippen molar-refractivity contribution < 1.29 is 0 Å². The molecule has 0 amide bonds. The topological polar surface area (TPSA) is 18.5 Å². The van der Waals surface area contributed by atoms with Crippen LogP contribution in [-0.4, -0.2) is 49.1 Å². The highest BCUT2D eigenvalue weighted by Crippen LogP contribution is 2.11. The van der Waals surface area contributed by atoms with Crippen LogP contribution >= 0.6 is 0 Å². The molecule has 1 N–H and O–H groups in total. The molecule has 2 aromatic carbocycles. The molecule has 1 aliphatic heterocycles. The van der Waals surface area contributed by atoms with E-state index in [1.54, 1.807) is 0 Å². The van der Waals surface area contributed by atoms with Gasteiger partial charge < -0.3 is 5.32 Å². The Morgan fingerprint density at radius 2 is 0.964 bits per heavy atom. The van der Waals surface area contributed by atoms with Crippen molar-refractivity contribution in [2.75, 3.05) is 39.3 Å². The summed E-state index contributed by atoms with van der Waals surface area (Å²) in [5, 5.41) is 3.69. The van der Waals surface area contributed by atoms with Crippen LogP contribution in [0.2, 0.25) is 0 Å². The van der Waals surface area contributed by atoms with Crippen LogP contribution in [0.3, 0.4) is 0 Å². The van der Waals surface area contributed by atoms with Gasteiger partial charge in [-0.3, -0.25) is 9.80 Å². The van der Waals surface area contributed by atoms with Gasteiger partial charge in [0.05, 0.1) is 0 Å². The predicted octanol–water partition coefficient (Wildman–Crippen LogP) is 4.54. The fraction of sp³-hybridized carbons (Fsp3) is 0.520. The number of rotatable bonds is 4. The Hall–Kier alpha value is -1.68. The van der Waals surface area contributed by atoms with Crippen molar-refractivity contribution >= 4 is 0 Å². The first-order chi connectivity index (χ1) is 13.9. The van der Waals surface area contributed by atoms with Gasteiger partial charge in [-0.25, -0.2) is 0 Å². The van der Waals surface area contributed by atoms with Gasteiger partial charge in [0.15, 0.2) is 0 Å². The maximum absolute atomic E-state index is 3.69. The predicted molar refractivity (Wildman–Crippen MR) is 119 cm³/mol. The molecule has 0 bridgehead atoms. The van der Waals surface area contributed by atoms with Gasteiger partial charge in [-0.15, -0.1) is 0 Å². The molecule has 0 aliphatic carbocycles. The van der Waals surface area contributed by atoms with Crippen LogP contribution in [-0.2, 0) is 13.1 Å². The van der Waals surface area contributed by atoms with Crippen LogP contribution in [0, 0.1) is 0 Å². The monoisotopic (exact) mass is 379 g/mol. The lowest BCUT2D eigenvalue weighted by Gasteiger charge is -2.25. The molecule has 1 heterocycles. The van der Waals surface area contributed by atoms with Crippen LogP contribution < -0.4 is 5.32 Å². The van der Waals surface area contributed by atoms with E-state index >= 15 is 0 Å². The van der Waals surface area contributed by atoms with Crippen LogP contribution in [0.1, 0.15) is 43.2 Å². The van der Waals surface area contributed by atoms with Crippen molar-refractivity contribution in [3.8, 4) is 0 Å². The second kappa shape index (κ2) is 12.7. The summed E-state index contributed by atoms with van der Waals surface area (Å²) in [6, 6.07) is 21.8. The summed E-state index contributed by atoms with van der Waals surface area (Å²) in [6.07, 6.45) is 6.73. The average Bonchev–Trinajstić information content (AvgIpc) is 2.73. The maximum Gasteiger partial charge on any atom is 0.0234 e. The minimum atomic E-state index is 1.07. The molecule has 0 unspecified atom stereocenters. The van der Waals surface area contributed by atoms with Gasteiger partial charge in [0.2, 0.25) is 0 Å². The van der Waals surface area contributed by atoms with Crippen molar-refractivity contribution in [1.29, 1.82) is 0 Å². The van der Waals surface area contributed by atoms with Gasteiger partial charge >= 0.3 is 0 Å². The molecule has 0 atom stereocenters. The number of hydrogen-bond acceptors (Lipinski definition) is 3. The highest BCUT2D eigenvalue weighted by molar-refractivity contribution is 5.15. The summed E-state index contributed by atoms with van der Waals surface area (Å²) in [4.78, 5) is 5.24. The standard InChI is InChI=1S/C25H37N3/c1-2-10-18-27(22-24-12-6-4-7-13-24)20-16-26-17-21-28(19-11-3-1)23-25-14-8-5-9-15-25/h4-9,12-15,26H,1-3,10-11,16-23H2. The first-order valence-electron chi connectivity index (χ1n) is 11.1. The van der Waals surface area contributed by atoms with Crippen LogP contribution in [0.25, 0.3) is 0 Å². The van der Waals surface area contributed by atoms with Gasteiger partial charge in [-0.1, -0.05) is 79.9 Å². The second-order valence-electron chi connectivity index (χ2n) is 8.04. The molecule has 0 aromatic heterocycles. The van der Waals surface area contributed by atoms with Crippen molar-refractivity contribution in [3.63, 3.8) is 0 Å². The zero-order valence-corrected chi connectivity index (χ0v) is 17.4. The van der Waals surface area contributed by atoms with E-state index in [1.165, 1.54) is 56.3 Å². The zero-order chi connectivity index (χ0) is 19.3. The van der Waals surface area contributed by atoms with E-state index in [-0.39, 0.29) is 0 Å². The quantitative estimate of drug-likeness (QED) is 0.841. The molecule has 28 heavy (non-hydrogen) atoms. The minimum Gasteiger partial charge on any atom is -0.314 e. The SMILES string of the molecule is c1ccc(CN2CCCCCCCN(Cc3ccccc3)CCNCC2)cc1. The molecular weight excluding hydrogens is 342 g/mol. The second-order valence-corrected chi connectivity index (χ2v) is 8.04. The van der Waals surface area contributed by atoms with E-state index in [9.17, 15) is 0 Å². The Kier molecular flexibility index (Phi) is 9.55. The minimum absolute atomic E-state index is 1.07. The molecule has 3 rings (SSSR count). The molecule has 152 valence electrons. The zero-order valence-electron chi connectivity index (χ0n) is 17.4. The lowest BCUT2D eigenvalue weighted by atomic mass is 10.1. The summed E-state index contributed by atoms with van der Waals surface area (Å²) in [7, 11) is 0. The molecule has 0 radical (unpaired) electrons. The summed E-state index contributed by atoms with van der Waals surface area (Å²) < 4.78 is 0. The highest BCUT2D eigenvalue weighted by Gasteiger charge is 2.09. The molecule has 2 aromatic rings. The largest absolute Gasteiger partial charge is 0.314 e. The summed E-state index contributed by atoms with van der Waals surface area (Å²) in [6.45, 7) is 9.00. The number of hydrogen-bond donors (Lipinski definition) is 1. The Balaban J connectivity index is 1.48.